The van der Waals surface area contributed by atoms with Gasteiger partial charge in [0.05, 0.1) is 0 Å². The van der Waals surface area contributed by atoms with Gasteiger partial charge >= 0.3 is 0 Å². The van der Waals surface area contributed by atoms with Crippen LogP contribution in [0.25, 0.3) is 0 Å². The monoisotopic (exact) mass is 179 g/mol. The second-order valence-corrected chi connectivity index (χ2v) is 3.38. The average Bonchev–Trinajstić information content (AvgIpc) is 1.85. The molecule has 0 aromatic rings. The molecule has 1 saturated carbocycles. The van der Waals surface area contributed by atoms with Gasteiger partial charge in [-0.25, -0.2) is 4.39 Å². The van der Waals surface area contributed by atoms with Crippen molar-refractivity contribution in [1.82, 2.24) is 4.90 Å². The molecule has 11 heavy (non-hydrogen) atoms. The van der Waals surface area contributed by atoms with E-state index in [-0.39, 0.29) is 6.67 Å². The number of rotatable bonds is 5. The van der Waals surface area contributed by atoms with Gasteiger partial charge in [0.15, 0.2) is 0 Å². The van der Waals surface area contributed by atoms with Gasteiger partial charge < -0.3 is 0 Å². The number of halogens is 2. The largest absolute Gasteiger partial charge is 0.297 e. The van der Waals surface area contributed by atoms with Gasteiger partial charge in [-0.05, 0) is 12.8 Å². The number of hydrogen-bond donors (Lipinski definition) is 0. The van der Waals surface area contributed by atoms with Crippen molar-refractivity contribution in [2.45, 2.75) is 25.3 Å². The summed E-state index contributed by atoms with van der Waals surface area (Å²) in [5.41, 5.74) is 0. The van der Waals surface area contributed by atoms with E-state index in [0.717, 1.165) is 6.54 Å². The molecule has 0 bridgehead atoms. The van der Waals surface area contributed by atoms with Crippen molar-refractivity contribution in [2.24, 2.45) is 0 Å². The lowest BCUT2D eigenvalue weighted by Crippen LogP contribution is -2.42. The molecule has 0 N–H and O–H groups in total. The van der Waals surface area contributed by atoms with Crippen LogP contribution in [0.2, 0.25) is 0 Å². The van der Waals surface area contributed by atoms with Crippen LogP contribution in [0.4, 0.5) is 4.39 Å². The zero-order valence-corrected chi connectivity index (χ0v) is 7.49. The molecule has 1 aliphatic rings. The quantitative estimate of drug-likeness (QED) is 0.584. The fraction of sp³-hybridized carbons (Fsp3) is 1.00. The van der Waals surface area contributed by atoms with Gasteiger partial charge in [0.25, 0.3) is 0 Å². The summed E-state index contributed by atoms with van der Waals surface area (Å²) in [4.78, 5) is 2.16. The molecule has 0 heterocycles. The smallest absolute Gasteiger partial charge is 0.102 e. The van der Waals surface area contributed by atoms with Crippen LogP contribution in [0, 0.1) is 0 Å². The van der Waals surface area contributed by atoms with E-state index in [1.54, 1.807) is 0 Å². The maximum atomic E-state index is 12.0. The Balaban J connectivity index is 2.19. The minimum Gasteiger partial charge on any atom is -0.297 e. The van der Waals surface area contributed by atoms with E-state index in [9.17, 15) is 4.39 Å². The third-order valence-electron chi connectivity index (χ3n) is 2.33. The number of nitrogens with zero attached hydrogens (tertiary/aromatic N) is 1. The van der Waals surface area contributed by atoms with Gasteiger partial charge in [0.1, 0.15) is 6.67 Å². The highest BCUT2D eigenvalue weighted by Crippen LogP contribution is 2.24. The second-order valence-electron chi connectivity index (χ2n) is 3.00. The van der Waals surface area contributed by atoms with Crippen LogP contribution in [-0.4, -0.2) is 36.6 Å². The Morgan fingerprint density at radius 2 is 2.09 bits per heavy atom. The third kappa shape index (κ3) is 2.60. The zero-order chi connectivity index (χ0) is 8.10. The number of alkyl halides is 2. The molecular formula is C8H15ClFN. The van der Waals surface area contributed by atoms with Crippen molar-refractivity contribution in [2.75, 3.05) is 25.6 Å². The molecule has 0 unspecified atom stereocenters. The van der Waals surface area contributed by atoms with Crippen molar-refractivity contribution >= 4 is 11.6 Å². The first-order valence-electron chi connectivity index (χ1n) is 4.24. The topological polar surface area (TPSA) is 3.24 Å². The second kappa shape index (κ2) is 4.94. The molecule has 0 aliphatic heterocycles. The summed E-state index contributed by atoms with van der Waals surface area (Å²) in [7, 11) is 0. The Hall–Kier alpha value is 0.180. The molecule has 0 amide bonds. The minimum absolute atomic E-state index is 0.243. The first kappa shape index (κ1) is 9.27. The first-order valence-corrected chi connectivity index (χ1v) is 4.78. The maximum absolute atomic E-state index is 12.0. The average molecular weight is 180 g/mol. The highest BCUT2D eigenvalue weighted by Gasteiger charge is 2.23. The van der Waals surface area contributed by atoms with E-state index in [4.69, 9.17) is 11.6 Å². The summed E-state index contributed by atoms with van der Waals surface area (Å²) in [6.07, 6.45) is 3.77. The third-order valence-corrected chi connectivity index (χ3v) is 2.50. The molecule has 1 fully saturated rings. The molecule has 0 aromatic carbocycles. The Morgan fingerprint density at radius 3 is 2.45 bits per heavy atom. The predicted octanol–water partition coefficient (Wildman–Crippen LogP) is 2.05. The lowest BCUT2D eigenvalue weighted by molar-refractivity contribution is 0.126. The van der Waals surface area contributed by atoms with E-state index in [0.29, 0.717) is 18.5 Å². The van der Waals surface area contributed by atoms with Crippen LogP contribution in [0.3, 0.4) is 0 Å². The van der Waals surface area contributed by atoms with Gasteiger partial charge in [-0.2, -0.15) is 0 Å². The SMILES string of the molecule is FCCN(CCCl)C1CCC1. The Morgan fingerprint density at radius 1 is 1.36 bits per heavy atom. The van der Waals surface area contributed by atoms with Crippen LogP contribution in [0.1, 0.15) is 19.3 Å². The highest BCUT2D eigenvalue weighted by molar-refractivity contribution is 6.18. The molecular weight excluding hydrogens is 165 g/mol. The van der Waals surface area contributed by atoms with E-state index in [1.807, 2.05) is 0 Å². The van der Waals surface area contributed by atoms with E-state index in [2.05, 4.69) is 4.90 Å². The van der Waals surface area contributed by atoms with Gasteiger partial charge in [0.2, 0.25) is 0 Å². The van der Waals surface area contributed by atoms with Crippen molar-refractivity contribution in [3.63, 3.8) is 0 Å². The van der Waals surface area contributed by atoms with Gasteiger partial charge in [-0.15, -0.1) is 11.6 Å². The molecule has 0 spiro atoms. The summed E-state index contributed by atoms with van der Waals surface area (Å²) in [5, 5.41) is 0. The van der Waals surface area contributed by atoms with E-state index >= 15 is 0 Å². The van der Waals surface area contributed by atoms with Crippen LogP contribution < -0.4 is 0 Å². The highest BCUT2D eigenvalue weighted by atomic mass is 35.5. The maximum Gasteiger partial charge on any atom is 0.102 e. The zero-order valence-electron chi connectivity index (χ0n) is 6.73. The van der Waals surface area contributed by atoms with Crippen LogP contribution in [-0.2, 0) is 0 Å². The molecule has 1 aliphatic carbocycles. The molecule has 0 aromatic heterocycles. The van der Waals surface area contributed by atoms with Gasteiger partial charge in [-0.1, -0.05) is 6.42 Å². The summed E-state index contributed by atoms with van der Waals surface area (Å²) in [6.45, 7) is 1.17. The van der Waals surface area contributed by atoms with E-state index < -0.39 is 0 Å². The van der Waals surface area contributed by atoms with Gasteiger partial charge in [-0.3, -0.25) is 4.90 Å². The molecule has 1 rings (SSSR count). The van der Waals surface area contributed by atoms with Crippen molar-refractivity contribution in [1.29, 1.82) is 0 Å². The van der Waals surface area contributed by atoms with Crippen molar-refractivity contribution < 1.29 is 4.39 Å². The summed E-state index contributed by atoms with van der Waals surface area (Å²) >= 11 is 5.59. The predicted molar refractivity (Wildman–Crippen MR) is 45.9 cm³/mol. The first-order chi connectivity index (χ1) is 5.38. The Kier molecular flexibility index (Phi) is 4.16. The standard InChI is InChI=1S/C8H15ClFN/c9-4-6-11(7-5-10)8-2-1-3-8/h8H,1-7H2. The molecule has 1 nitrogen and oxygen atoms in total. The van der Waals surface area contributed by atoms with Crippen molar-refractivity contribution in [3.8, 4) is 0 Å². The fourth-order valence-corrected chi connectivity index (χ4v) is 1.66. The van der Waals surface area contributed by atoms with Crippen molar-refractivity contribution in [3.05, 3.63) is 0 Å². The Labute approximate surface area is 72.5 Å². The summed E-state index contributed by atoms with van der Waals surface area (Å²) in [6, 6.07) is 0.629. The Bertz CT molecular complexity index is 100. The lowest BCUT2D eigenvalue weighted by Gasteiger charge is -2.36. The van der Waals surface area contributed by atoms with Gasteiger partial charge in [0, 0.05) is 25.0 Å². The molecule has 0 atom stereocenters. The van der Waals surface area contributed by atoms with Crippen LogP contribution in [0.15, 0.2) is 0 Å². The normalized spacial score (nSPS) is 18.8. The molecule has 0 saturated heterocycles. The fourth-order valence-electron chi connectivity index (χ4n) is 1.45. The number of hydrogen-bond acceptors (Lipinski definition) is 1. The minimum atomic E-state index is -0.243. The lowest BCUT2D eigenvalue weighted by atomic mass is 9.91. The molecule has 66 valence electrons. The van der Waals surface area contributed by atoms with Crippen LogP contribution in [0.5, 0.6) is 0 Å². The summed E-state index contributed by atoms with van der Waals surface area (Å²) in [5.74, 6) is 0.622. The molecule has 0 radical (unpaired) electrons. The summed E-state index contributed by atoms with van der Waals surface area (Å²) < 4.78 is 12.0. The molecule has 3 heteroatoms. The van der Waals surface area contributed by atoms with E-state index in [1.165, 1.54) is 19.3 Å². The van der Waals surface area contributed by atoms with Crippen LogP contribution >= 0.6 is 11.6 Å².